The number of carbonyl (C=O) groups is 2. The third-order valence-corrected chi connectivity index (χ3v) is 5.52. The van der Waals surface area contributed by atoms with Gasteiger partial charge in [-0.25, -0.2) is 0 Å². The number of ether oxygens (including phenoxy) is 1. The third kappa shape index (κ3) is 6.16. The number of nitrogens with zero attached hydrogens (tertiary/aromatic N) is 1. The minimum absolute atomic E-state index is 0.0891. The lowest BCUT2D eigenvalue weighted by Crippen LogP contribution is -2.34. The number of thiocarbonyl (C=S) groups is 1. The predicted molar refractivity (Wildman–Crippen MR) is 115 cm³/mol. The summed E-state index contributed by atoms with van der Waals surface area (Å²) in [7, 11) is 1.58. The van der Waals surface area contributed by atoms with E-state index in [0.717, 1.165) is 5.56 Å². The molecular formula is C20H26N2O3S2. The normalized spacial score (nSPS) is 16.3. The predicted octanol–water partition coefficient (Wildman–Crippen LogP) is 3.34. The van der Waals surface area contributed by atoms with Gasteiger partial charge < -0.3 is 10.1 Å². The molecule has 27 heavy (non-hydrogen) atoms. The number of amides is 2. The van der Waals surface area contributed by atoms with Gasteiger partial charge in [-0.2, -0.15) is 0 Å². The number of rotatable bonds is 7. The molecule has 5 nitrogen and oxygen atoms in total. The standard InChI is InChI=1S/C20H26N2O3S2/c1-20(2,3)15-7-5-14(6-8-15)13-16-18(24)22(19(26)27-16)11-9-17(23)21-10-12-25-4/h5-8,13H,9-12H2,1-4H3,(H,21,23)/b16-13-. The van der Waals surface area contributed by atoms with E-state index in [9.17, 15) is 9.59 Å². The van der Waals surface area contributed by atoms with Gasteiger partial charge in [-0.05, 0) is 22.6 Å². The number of carbonyl (C=O) groups excluding carboxylic acids is 2. The first-order valence-electron chi connectivity index (χ1n) is 8.84. The van der Waals surface area contributed by atoms with Crippen molar-refractivity contribution in [3.8, 4) is 0 Å². The molecule has 1 aliphatic rings. The fraction of sp³-hybridized carbons (Fsp3) is 0.450. The molecule has 1 N–H and O–H groups in total. The molecule has 0 aliphatic carbocycles. The van der Waals surface area contributed by atoms with Crippen LogP contribution < -0.4 is 5.32 Å². The van der Waals surface area contributed by atoms with Crippen molar-refractivity contribution in [2.45, 2.75) is 32.6 Å². The van der Waals surface area contributed by atoms with Gasteiger partial charge in [-0.1, -0.05) is 69.0 Å². The van der Waals surface area contributed by atoms with Crippen molar-refractivity contribution in [3.63, 3.8) is 0 Å². The van der Waals surface area contributed by atoms with Crippen LogP contribution in [0.2, 0.25) is 0 Å². The molecule has 0 saturated carbocycles. The topological polar surface area (TPSA) is 58.6 Å². The lowest BCUT2D eigenvalue weighted by molar-refractivity contribution is -0.123. The maximum atomic E-state index is 12.6. The van der Waals surface area contributed by atoms with Crippen molar-refractivity contribution in [1.29, 1.82) is 0 Å². The maximum absolute atomic E-state index is 12.6. The van der Waals surface area contributed by atoms with Crippen LogP contribution in [0, 0.1) is 0 Å². The molecule has 1 aromatic rings. The van der Waals surface area contributed by atoms with Gasteiger partial charge in [0.15, 0.2) is 0 Å². The Labute approximate surface area is 170 Å². The first kappa shape index (κ1) is 21.6. The summed E-state index contributed by atoms with van der Waals surface area (Å²) in [4.78, 5) is 26.5. The van der Waals surface area contributed by atoms with Crippen molar-refractivity contribution in [2.75, 3.05) is 26.8 Å². The molecule has 2 rings (SSSR count). The summed E-state index contributed by atoms with van der Waals surface area (Å²) in [5.74, 6) is -0.266. The lowest BCUT2D eigenvalue weighted by atomic mass is 9.87. The van der Waals surface area contributed by atoms with Crippen LogP contribution in [-0.4, -0.2) is 47.8 Å². The Bertz CT molecular complexity index is 737. The van der Waals surface area contributed by atoms with Crippen molar-refractivity contribution in [1.82, 2.24) is 10.2 Å². The number of nitrogens with one attached hydrogen (secondary N) is 1. The second kappa shape index (κ2) is 9.48. The fourth-order valence-electron chi connectivity index (χ4n) is 2.52. The first-order chi connectivity index (χ1) is 12.7. The maximum Gasteiger partial charge on any atom is 0.266 e. The zero-order valence-corrected chi connectivity index (χ0v) is 17.8. The molecule has 1 heterocycles. The molecule has 1 fully saturated rings. The number of benzene rings is 1. The molecule has 1 aromatic carbocycles. The monoisotopic (exact) mass is 406 g/mol. The van der Waals surface area contributed by atoms with Gasteiger partial charge in [0.25, 0.3) is 5.91 Å². The average Bonchev–Trinajstić information content (AvgIpc) is 2.86. The van der Waals surface area contributed by atoms with Crippen LogP contribution in [0.5, 0.6) is 0 Å². The summed E-state index contributed by atoms with van der Waals surface area (Å²) in [6, 6.07) is 8.18. The van der Waals surface area contributed by atoms with E-state index in [1.807, 2.05) is 18.2 Å². The zero-order chi connectivity index (χ0) is 20.0. The number of hydrogen-bond acceptors (Lipinski definition) is 5. The Morgan fingerprint density at radius 1 is 1.30 bits per heavy atom. The smallest absolute Gasteiger partial charge is 0.266 e. The molecule has 0 aromatic heterocycles. The van der Waals surface area contributed by atoms with Crippen LogP contribution in [0.3, 0.4) is 0 Å². The van der Waals surface area contributed by atoms with Crippen LogP contribution in [-0.2, 0) is 19.7 Å². The summed E-state index contributed by atoms with van der Waals surface area (Å²) < 4.78 is 5.38. The molecule has 7 heteroatoms. The van der Waals surface area contributed by atoms with Gasteiger partial charge in [0.05, 0.1) is 11.5 Å². The molecule has 146 valence electrons. The number of hydrogen-bond donors (Lipinski definition) is 1. The van der Waals surface area contributed by atoms with Gasteiger partial charge in [0.2, 0.25) is 5.91 Å². The Kier molecular flexibility index (Phi) is 7.59. The van der Waals surface area contributed by atoms with Gasteiger partial charge in [0.1, 0.15) is 4.32 Å². The Morgan fingerprint density at radius 2 is 1.96 bits per heavy atom. The van der Waals surface area contributed by atoms with Crippen LogP contribution >= 0.6 is 24.0 Å². The molecular weight excluding hydrogens is 380 g/mol. The van der Waals surface area contributed by atoms with Crippen molar-refractivity contribution >= 4 is 46.2 Å². The first-order valence-corrected chi connectivity index (χ1v) is 10.1. The zero-order valence-electron chi connectivity index (χ0n) is 16.2. The van der Waals surface area contributed by atoms with Crippen LogP contribution in [0.4, 0.5) is 0 Å². The Balaban J connectivity index is 1.98. The SMILES string of the molecule is COCCNC(=O)CCN1C(=O)/C(=C/c2ccc(C(C)(C)C)cc2)SC1=S. The second-order valence-corrected chi connectivity index (χ2v) is 8.97. The molecule has 0 unspecified atom stereocenters. The van der Waals surface area contributed by atoms with Gasteiger partial charge in [0, 0.05) is 26.6 Å². The highest BCUT2D eigenvalue weighted by Gasteiger charge is 2.32. The Hall–Kier alpha value is -1.70. The summed E-state index contributed by atoms with van der Waals surface area (Å²) in [6.07, 6.45) is 2.06. The minimum Gasteiger partial charge on any atom is -0.383 e. The van der Waals surface area contributed by atoms with Gasteiger partial charge in [-0.15, -0.1) is 0 Å². The van der Waals surface area contributed by atoms with E-state index in [1.165, 1.54) is 22.2 Å². The summed E-state index contributed by atoms with van der Waals surface area (Å²) in [5.41, 5.74) is 2.29. The Morgan fingerprint density at radius 3 is 2.56 bits per heavy atom. The van der Waals surface area contributed by atoms with E-state index < -0.39 is 0 Å². The summed E-state index contributed by atoms with van der Waals surface area (Å²) in [6.45, 7) is 7.70. The van der Waals surface area contributed by atoms with Gasteiger partial charge >= 0.3 is 0 Å². The summed E-state index contributed by atoms with van der Waals surface area (Å²) >= 11 is 6.59. The van der Waals surface area contributed by atoms with Crippen LogP contribution in [0.15, 0.2) is 29.2 Å². The molecule has 0 bridgehead atoms. The quantitative estimate of drug-likeness (QED) is 0.428. The minimum atomic E-state index is -0.144. The highest BCUT2D eigenvalue weighted by molar-refractivity contribution is 8.26. The van der Waals surface area contributed by atoms with Crippen LogP contribution in [0.1, 0.15) is 38.3 Å². The van der Waals surface area contributed by atoms with E-state index in [1.54, 1.807) is 7.11 Å². The lowest BCUT2D eigenvalue weighted by Gasteiger charge is -2.18. The highest BCUT2D eigenvalue weighted by Crippen LogP contribution is 2.33. The average molecular weight is 407 g/mol. The largest absolute Gasteiger partial charge is 0.383 e. The summed E-state index contributed by atoms with van der Waals surface area (Å²) in [5, 5.41) is 2.74. The van der Waals surface area contributed by atoms with Crippen LogP contribution in [0.25, 0.3) is 6.08 Å². The number of thioether (sulfide) groups is 1. The number of methoxy groups -OCH3 is 1. The molecule has 1 aliphatic heterocycles. The fourth-order valence-corrected chi connectivity index (χ4v) is 3.83. The molecule has 0 radical (unpaired) electrons. The van der Waals surface area contributed by atoms with E-state index in [2.05, 4.69) is 38.2 Å². The van der Waals surface area contributed by atoms with E-state index in [-0.39, 0.29) is 30.2 Å². The molecule has 0 spiro atoms. The van der Waals surface area contributed by atoms with Gasteiger partial charge in [-0.3, -0.25) is 14.5 Å². The van der Waals surface area contributed by atoms with E-state index in [4.69, 9.17) is 17.0 Å². The second-order valence-electron chi connectivity index (χ2n) is 7.30. The van der Waals surface area contributed by atoms with E-state index in [0.29, 0.717) is 22.4 Å². The van der Waals surface area contributed by atoms with Crippen molar-refractivity contribution in [2.24, 2.45) is 0 Å². The third-order valence-electron chi connectivity index (χ3n) is 4.14. The van der Waals surface area contributed by atoms with Crippen molar-refractivity contribution < 1.29 is 14.3 Å². The van der Waals surface area contributed by atoms with Crippen molar-refractivity contribution in [3.05, 3.63) is 40.3 Å². The highest BCUT2D eigenvalue weighted by atomic mass is 32.2. The molecule has 2 amide bonds. The van der Waals surface area contributed by atoms with E-state index >= 15 is 0 Å². The molecule has 0 atom stereocenters. The molecule has 1 saturated heterocycles.